The van der Waals surface area contributed by atoms with Gasteiger partial charge in [0, 0.05) is 6.07 Å². The average Bonchev–Trinajstić information content (AvgIpc) is 2.28. The lowest BCUT2D eigenvalue weighted by molar-refractivity contribution is 0.460. The van der Waals surface area contributed by atoms with E-state index >= 15 is 0 Å². The first-order chi connectivity index (χ1) is 8.45. The van der Waals surface area contributed by atoms with Crippen molar-refractivity contribution in [1.82, 2.24) is 9.97 Å². The number of ether oxygens (including phenoxy) is 1. The second-order valence-electron chi connectivity index (χ2n) is 5.06. The second kappa shape index (κ2) is 4.94. The van der Waals surface area contributed by atoms with Gasteiger partial charge in [-0.3, -0.25) is 0 Å². The maximum Gasteiger partial charge on any atom is 0.223 e. The fourth-order valence-corrected chi connectivity index (χ4v) is 1.65. The summed E-state index contributed by atoms with van der Waals surface area (Å²) in [6.07, 6.45) is 1.38. The summed E-state index contributed by atoms with van der Waals surface area (Å²) >= 11 is 5.77. The van der Waals surface area contributed by atoms with Crippen molar-refractivity contribution in [2.45, 2.75) is 26.2 Å². The smallest absolute Gasteiger partial charge is 0.223 e. The molecule has 0 unspecified atom stereocenters. The van der Waals surface area contributed by atoms with Crippen LogP contribution in [0.1, 0.15) is 26.3 Å². The maximum atomic E-state index is 5.77. The standard InChI is InChI=1S/C14H15ClN2O/c1-14(2,3)10-4-6-11(7-5-10)18-13-8-12(15)16-9-17-13/h4-9H,1-3H3. The molecule has 4 heteroatoms. The molecule has 1 aromatic carbocycles. The molecule has 0 spiro atoms. The van der Waals surface area contributed by atoms with Gasteiger partial charge in [-0.05, 0) is 23.1 Å². The Labute approximate surface area is 112 Å². The van der Waals surface area contributed by atoms with Crippen molar-refractivity contribution >= 4 is 11.6 Å². The fraction of sp³-hybridized carbons (Fsp3) is 0.286. The van der Waals surface area contributed by atoms with Gasteiger partial charge in [-0.2, -0.15) is 0 Å². The van der Waals surface area contributed by atoms with E-state index in [4.69, 9.17) is 16.3 Å². The van der Waals surface area contributed by atoms with Gasteiger partial charge in [-0.15, -0.1) is 0 Å². The molecule has 1 aromatic heterocycles. The van der Waals surface area contributed by atoms with Gasteiger partial charge < -0.3 is 4.74 Å². The molecule has 0 aliphatic heterocycles. The summed E-state index contributed by atoms with van der Waals surface area (Å²) < 4.78 is 5.59. The predicted octanol–water partition coefficient (Wildman–Crippen LogP) is 4.22. The zero-order valence-corrected chi connectivity index (χ0v) is 11.4. The van der Waals surface area contributed by atoms with Crippen molar-refractivity contribution in [3.63, 3.8) is 0 Å². The highest BCUT2D eigenvalue weighted by molar-refractivity contribution is 6.29. The van der Waals surface area contributed by atoms with Crippen LogP contribution in [-0.2, 0) is 5.41 Å². The number of hydrogen-bond donors (Lipinski definition) is 0. The van der Waals surface area contributed by atoms with Gasteiger partial charge in [0.15, 0.2) is 0 Å². The highest BCUT2D eigenvalue weighted by Gasteiger charge is 2.13. The summed E-state index contributed by atoms with van der Waals surface area (Å²) in [5, 5.41) is 0.367. The maximum absolute atomic E-state index is 5.77. The average molecular weight is 263 g/mol. The minimum absolute atomic E-state index is 0.136. The van der Waals surface area contributed by atoms with Crippen molar-refractivity contribution in [2.24, 2.45) is 0 Å². The van der Waals surface area contributed by atoms with E-state index < -0.39 is 0 Å². The van der Waals surface area contributed by atoms with Crippen LogP contribution in [0, 0.1) is 0 Å². The third kappa shape index (κ3) is 3.20. The van der Waals surface area contributed by atoms with Crippen molar-refractivity contribution in [3.05, 3.63) is 47.4 Å². The summed E-state index contributed by atoms with van der Waals surface area (Å²) in [6, 6.07) is 9.54. The topological polar surface area (TPSA) is 35.0 Å². The van der Waals surface area contributed by atoms with E-state index in [1.54, 1.807) is 6.07 Å². The molecule has 0 amide bonds. The molecule has 3 nitrogen and oxygen atoms in total. The van der Waals surface area contributed by atoms with E-state index in [0.717, 1.165) is 5.75 Å². The third-order valence-corrected chi connectivity index (χ3v) is 2.76. The minimum atomic E-state index is 0.136. The van der Waals surface area contributed by atoms with Crippen molar-refractivity contribution in [3.8, 4) is 11.6 Å². The van der Waals surface area contributed by atoms with E-state index in [0.29, 0.717) is 11.0 Å². The highest BCUT2D eigenvalue weighted by atomic mass is 35.5. The molecule has 1 heterocycles. The van der Waals surface area contributed by atoms with Gasteiger partial charge in [0.1, 0.15) is 17.2 Å². The summed E-state index contributed by atoms with van der Waals surface area (Å²) in [7, 11) is 0. The Morgan fingerprint density at radius 1 is 1.06 bits per heavy atom. The lowest BCUT2D eigenvalue weighted by atomic mass is 9.87. The molecule has 0 saturated carbocycles. The van der Waals surface area contributed by atoms with E-state index in [-0.39, 0.29) is 5.41 Å². The van der Waals surface area contributed by atoms with E-state index in [1.807, 2.05) is 12.1 Å². The normalized spacial score (nSPS) is 11.3. The number of halogens is 1. The van der Waals surface area contributed by atoms with Crippen molar-refractivity contribution in [2.75, 3.05) is 0 Å². The van der Waals surface area contributed by atoms with Crippen LogP contribution in [0.5, 0.6) is 11.6 Å². The summed E-state index contributed by atoms with van der Waals surface area (Å²) in [5.41, 5.74) is 1.40. The van der Waals surface area contributed by atoms with E-state index in [9.17, 15) is 0 Å². The van der Waals surface area contributed by atoms with Crippen LogP contribution in [0.3, 0.4) is 0 Å². The largest absolute Gasteiger partial charge is 0.439 e. The lowest BCUT2D eigenvalue weighted by Gasteiger charge is -2.19. The Morgan fingerprint density at radius 3 is 2.28 bits per heavy atom. The van der Waals surface area contributed by atoms with Gasteiger partial charge in [0.05, 0.1) is 0 Å². The van der Waals surface area contributed by atoms with Crippen LogP contribution < -0.4 is 4.74 Å². The molecule has 0 N–H and O–H groups in total. The van der Waals surface area contributed by atoms with Crippen LogP contribution >= 0.6 is 11.6 Å². The zero-order chi connectivity index (χ0) is 13.2. The number of nitrogens with zero attached hydrogens (tertiary/aromatic N) is 2. The Kier molecular flexibility index (Phi) is 3.53. The number of benzene rings is 1. The molecule has 0 fully saturated rings. The SMILES string of the molecule is CC(C)(C)c1ccc(Oc2cc(Cl)ncn2)cc1. The summed E-state index contributed by atoms with van der Waals surface area (Å²) in [6.45, 7) is 6.52. The quantitative estimate of drug-likeness (QED) is 0.760. The first-order valence-electron chi connectivity index (χ1n) is 5.71. The van der Waals surface area contributed by atoms with Gasteiger partial charge in [-0.1, -0.05) is 44.5 Å². The molecule has 94 valence electrons. The number of hydrogen-bond acceptors (Lipinski definition) is 3. The third-order valence-electron chi connectivity index (χ3n) is 2.55. The van der Waals surface area contributed by atoms with Gasteiger partial charge in [0.25, 0.3) is 0 Å². The minimum Gasteiger partial charge on any atom is -0.439 e. The molecule has 0 saturated heterocycles. The highest BCUT2D eigenvalue weighted by Crippen LogP contribution is 2.26. The van der Waals surface area contributed by atoms with Gasteiger partial charge in [-0.25, -0.2) is 9.97 Å². The summed E-state index contributed by atoms with van der Waals surface area (Å²) in [4.78, 5) is 7.79. The van der Waals surface area contributed by atoms with Crippen molar-refractivity contribution in [1.29, 1.82) is 0 Å². The molecule has 0 radical (unpaired) electrons. The summed E-state index contributed by atoms with van der Waals surface area (Å²) in [5.74, 6) is 1.18. The van der Waals surface area contributed by atoms with E-state index in [2.05, 4.69) is 42.9 Å². The fourth-order valence-electron chi connectivity index (χ4n) is 1.52. The van der Waals surface area contributed by atoms with Crippen LogP contribution in [0.2, 0.25) is 5.15 Å². The van der Waals surface area contributed by atoms with Gasteiger partial charge in [0.2, 0.25) is 5.88 Å². The molecule has 2 rings (SSSR count). The number of rotatable bonds is 2. The number of aromatic nitrogens is 2. The Morgan fingerprint density at radius 2 is 1.72 bits per heavy atom. The molecule has 0 bridgehead atoms. The Balaban J connectivity index is 2.16. The van der Waals surface area contributed by atoms with Crippen molar-refractivity contribution < 1.29 is 4.74 Å². The van der Waals surface area contributed by atoms with Gasteiger partial charge >= 0.3 is 0 Å². The predicted molar refractivity (Wildman–Crippen MR) is 72.3 cm³/mol. The van der Waals surface area contributed by atoms with E-state index in [1.165, 1.54) is 11.9 Å². The first-order valence-corrected chi connectivity index (χ1v) is 6.09. The molecule has 2 aromatic rings. The monoisotopic (exact) mass is 262 g/mol. The molecule has 0 atom stereocenters. The second-order valence-corrected chi connectivity index (χ2v) is 5.44. The van der Waals surface area contributed by atoms with Crippen LogP contribution in [0.4, 0.5) is 0 Å². The zero-order valence-electron chi connectivity index (χ0n) is 10.6. The van der Waals surface area contributed by atoms with Crippen LogP contribution in [-0.4, -0.2) is 9.97 Å². The molecule has 0 aliphatic carbocycles. The van der Waals surface area contributed by atoms with Crippen LogP contribution in [0.15, 0.2) is 36.7 Å². The Hall–Kier alpha value is -1.61. The van der Waals surface area contributed by atoms with Crippen LogP contribution in [0.25, 0.3) is 0 Å². The molecule has 18 heavy (non-hydrogen) atoms. The first kappa shape index (κ1) is 12.8. The molecule has 0 aliphatic rings. The molecular formula is C14H15ClN2O. The lowest BCUT2D eigenvalue weighted by Crippen LogP contribution is -2.10. The Bertz CT molecular complexity index is 532. The molecular weight excluding hydrogens is 248 g/mol.